The van der Waals surface area contributed by atoms with E-state index in [4.69, 9.17) is 9.47 Å². The minimum Gasteiger partial charge on any atom is -0.497 e. The Labute approximate surface area is 242 Å². The molecule has 0 aliphatic heterocycles. The zero-order valence-corrected chi connectivity index (χ0v) is 23.7. The summed E-state index contributed by atoms with van der Waals surface area (Å²) in [5.41, 5.74) is 2.82. The Kier molecular flexibility index (Phi) is 10.6. The van der Waals surface area contributed by atoms with Crippen LogP contribution in [0.15, 0.2) is 107 Å². The lowest BCUT2D eigenvalue weighted by molar-refractivity contribution is 0.261. The van der Waals surface area contributed by atoms with Gasteiger partial charge >= 0.3 is 12.1 Å². The molecule has 4 aromatic rings. The van der Waals surface area contributed by atoms with Crippen LogP contribution < -0.4 is 30.7 Å². The topological polar surface area (TPSA) is 101 Å². The fourth-order valence-corrected chi connectivity index (χ4v) is 5.62. The van der Waals surface area contributed by atoms with Crippen molar-refractivity contribution in [3.05, 3.63) is 97.1 Å². The summed E-state index contributed by atoms with van der Waals surface area (Å²) in [6, 6.07) is 29.1. The van der Waals surface area contributed by atoms with E-state index in [0.29, 0.717) is 11.4 Å². The average molecular weight is 575 g/mol. The second-order valence-electron chi connectivity index (χ2n) is 8.30. The van der Waals surface area contributed by atoms with E-state index in [0.717, 1.165) is 44.2 Å². The average Bonchev–Trinajstić information content (AvgIpc) is 2.97. The second kappa shape index (κ2) is 14.8. The molecule has 8 nitrogen and oxygen atoms in total. The number of thioether (sulfide) groups is 2. The molecule has 0 aromatic heterocycles. The van der Waals surface area contributed by atoms with Gasteiger partial charge in [0.2, 0.25) is 0 Å². The van der Waals surface area contributed by atoms with Crippen LogP contribution >= 0.6 is 23.5 Å². The third-order valence-corrected chi connectivity index (χ3v) is 7.97. The summed E-state index contributed by atoms with van der Waals surface area (Å²) in [6.07, 6.45) is 0. The van der Waals surface area contributed by atoms with Gasteiger partial charge in [0.05, 0.1) is 25.6 Å². The highest BCUT2D eigenvalue weighted by Gasteiger charge is 2.10. The third kappa shape index (κ3) is 8.62. The summed E-state index contributed by atoms with van der Waals surface area (Å²) in [5, 5.41) is 11.5. The van der Waals surface area contributed by atoms with E-state index in [1.807, 2.05) is 48.5 Å². The van der Waals surface area contributed by atoms with Crippen molar-refractivity contribution in [1.29, 1.82) is 0 Å². The number of carbonyl (C=O) groups excluding carboxylic acids is 2. The van der Waals surface area contributed by atoms with Crippen LogP contribution in [0.3, 0.4) is 0 Å². The lowest BCUT2D eigenvalue weighted by Gasteiger charge is -2.13. The first-order chi connectivity index (χ1) is 19.5. The van der Waals surface area contributed by atoms with Gasteiger partial charge in [-0.25, -0.2) is 9.59 Å². The van der Waals surface area contributed by atoms with E-state index < -0.39 is 0 Å². The van der Waals surface area contributed by atoms with Crippen LogP contribution in [0.25, 0.3) is 0 Å². The summed E-state index contributed by atoms with van der Waals surface area (Å²) in [7, 11) is 3.20. The van der Waals surface area contributed by atoms with Crippen LogP contribution in [0.4, 0.5) is 32.3 Å². The van der Waals surface area contributed by atoms with Crippen molar-refractivity contribution < 1.29 is 19.1 Å². The highest BCUT2D eigenvalue weighted by Crippen LogP contribution is 2.31. The molecule has 0 saturated carbocycles. The fraction of sp³-hybridized carbons (Fsp3) is 0.133. The summed E-state index contributed by atoms with van der Waals surface area (Å²) >= 11 is 3.31. The quantitative estimate of drug-likeness (QED) is 0.107. The number of para-hydroxylation sites is 2. The first kappa shape index (κ1) is 28.7. The highest BCUT2D eigenvalue weighted by molar-refractivity contribution is 8.03. The van der Waals surface area contributed by atoms with Gasteiger partial charge in [-0.2, -0.15) is 0 Å². The maximum atomic E-state index is 12.6. The standard InChI is InChI=1S/C30H30N4O4S2/c1-37-23-15-11-21(12-16-23)31-29(35)33-25-7-3-5-9-27(25)39-19-20-40-28-10-6-4-8-26(28)34-30(36)32-22-13-17-24(38-2)18-14-22/h3-18H,19-20H2,1-2H3,(H2,31,33,35)(H2,32,34,36). The zero-order valence-electron chi connectivity index (χ0n) is 22.1. The second-order valence-corrected chi connectivity index (χ2v) is 10.6. The van der Waals surface area contributed by atoms with E-state index in [2.05, 4.69) is 21.3 Å². The van der Waals surface area contributed by atoms with Gasteiger partial charge in [-0.3, -0.25) is 0 Å². The maximum Gasteiger partial charge on any atom is 0.323 e. The molecule has 4 aromatic carbocycles. The minimum absolute atomic E-state index is 0.319. The summed E-state index contributed by atoms with van der Waals surface area (Å²) in [5.74, 6) is 3.05. The number of rotatable bonds is 11. The van der Waals surface area contributed by atoms with Gasteiger partial charge in [0, 0.05) is 32.7 Å². The van der Waals surface area contributed by atoms with E-state index in [1.54, 1.807) is 86.3 Å². The van der Waals surface area contributed by atoms with Crippen LogP contribution in [0, 0.1) is 0 Å². The van der Waals surface area contributed by atoms with Crippen LogP contribution in [0.2, 0.25) is 0 Å². The SMILES string of the molecule is COc1ccc(NC(=O)Nc2ccccc2SCCSc2ccccc2NC(=O)Nc2ccc(OC)cc2)cc1. The Balaban J connectivity index is 1.27. The van der Waals surface area contributed by atoms with E-state index in [-0.39, 0.29) is 12.1 Å². The van der Waals surface area contributed by atoms with Gasteiger partial charge in [0.15, 0.2) is 0 Å². The molecule has 4 amide bonds. The molecule has 0 unspecified atom stereocenters. The van der Waals surface area contributed by atoms with E-state index in [1.165, 1.54) is 0 Å². The molecule has 0 radical (unpaired) electrons. The van der Waals surface area contributed by atoms with Crippen molar-refractivity contribution in [2.24, 2.45) is 0 Å². The predicted molar refractivity (Wildman–Crippen MR) is 166 cm³/mol. The van der Waals surface area contributed by atoms with Crippen LogP contribution in [0.5, 0.6) is 11.5 Å². The Hall–Kier alpha value is -4.28. The van der Waals surface area contributed by atoms with Gasteiger partial charge < -0.3 is 30.7 Å². The van der Waals surface area contributed by atoms with Crippen molar-refractivity contribution in [3.8, 4) is 11.5 Å². The number of amides is 4. The van der Waals surface area contributed by atoms with Gasteiger partial charge in [-0.15, -0.1) is 23.5 Å². The largest absolute Gasteiger partial charge is 0.497 e. The maximum absolute atomic E-state index is 12.6. The molecule has 0 bridgehead atoms. The smallest absolute Gasteiger partial charge is 0.323 e. The van der Waals surface area contributed by atoms with Gasteiger partial charge in [0.25, 0.3) is 0 Å². The number of hydrogen-bond donors (Lipinski definition) is 4. The molecule has 0 aliphatic rings. The molecular weight excluding hydrogens is 544 g/mol. The Morgan fingerprint density at radius 2 is 0.925 bits per heavy atom. The summed E-state index contributed by atoms with van der Waals surface area (Å²) in [4.78, 5) is 27.1. The molecule has 0 aliphatic carbocycles. The molecular formula is C30H30N4O4S2. The van der Waals surface area contributed by atoms with Gasteiger partial charge in [0.1, 0.15) is 11.5 Å². The van der Waals surface area contributed by atoms with Crippen molar-refractivity contribution >= 4 is 58.3 Å². The number of urea groups is 2. The first-order valence-electron chi connectivity index (χ1n) is 12.4. The normalized spacial score (nSPS) is 10.3. The molecule has 0 heterocycles. The summed E-state index contributed by atoms with van der Waals surface area (Å²) < 4.78 is 10.3. The molecule has 4 N–H and O–H groups in total. The predicted octanol–water partition coefficient (Wildman–Crippen LogP) is 7.88. The molecule has 0 saturated heterocycles. The Morgan fingerprint density at radius 3 is 1.30 bits per heavy atom. The first-order valence-corrected chi connectivity index (χ1v) is 14.4. The molecule has 206 valence electrons. The van der Waals surface area contributed by atoms with Gasteiger partial charge in [-0.05, 0) is 72.8 Å². The number of nitrogens with one attached hydrogen (secondary N) is 4. The molecule has 0 spiro atoms. The lowest BCUT2D eigenvalue weighted by Crippen LogP contribution is -2.19. The number of benzene rings is 4. The molecule has 4 rings (SSSR count). The number of anilines is 4. The molecule has 0 atom stereocenters. The van der Waals surface area contributed by atoms with Crippen LogP contribution in [-0.2, 0) is 0 Å². The van der Waals surface area contributed by atoms with Crippen molar-refractivity contribution in [3.63, 3.8) is 0 Å². The van der Waals surface area contributed by atoms with Crippen LogP contribution in [0.1, 0.15) is 0 Å². The van der Waals surface area contributed by atoms with Crippen molar-refractivity contribution in [2.75, 3.05) is 47.0 Å². The third-order valence-electron chi connectivity index (χ3n) is 5.56. The Bertz CT molecular complexity index is 1310. The number of hydrogen-bond acceptors (Lipinski definition) is 6. The monoisotopic (exact) mass is 574 g/mol. The number of carbonyl (C=O) groups is 2. The minimum atomic E-state index is -0.319. The van der Waals surface area contributed by atoms with E-state index in [9.17, 15) is 9.59 Å². The van der Waals surface area contributed by atoms with Gasteiger partial charge in [-0.1, -0.05) is 24.3 Å². The lowest BCUT2D eigenvalue weighted by atomic mass is 10.3. The number of methoxy groups -OCH3 is 2. The Morgan fingerprint density at radius 1 is 0.550 bits per heavy atom. The van der Waals surface area contributed by atoms with Crippen molar-refractivity contribution in [1.82, 2.24) is 0 Å². The van der Waals surface area contributed by atoms with Crippen molar-refractivity contribution in [2.45, 2.75) is 9.79 Å². The molecule has 0 fully saturated rings. The highest BCUT2D eigenvalue weighted by atomic mass is 32.2. The number of ether oxygens (including phenoxy) is 2. The zero-order chi connectivity index (χ0) is 28.2. The molecule has 40 heavy (non-hydrogen) atoms. The van der Waals surface area contributed by atoms with Crippen LogP contribution in [-0.4, -0.2) is 37.8 Å². The summed E-state index contributed by atoms with van der Waals surface area (Å²) in [6.45, 7) is 0. The van der Waals surface area contributed by atoms with E-state index >= 15 is 0 Å². The fourth-order valence-electron chi connectivity index (χ4n) is 3.61. The molecule has 10 heteroatoms.